The Morgan fingerprint density at radius 3 is 2.52 bits per heavy atom. The monoisotopic (exact) mass is 293 g/mol. The Labute approximate surface area is 125 Å². The summed E-state index contributed by atoms with van der Waals surface area (Å²) in [7, 11) is 0. The summed E-state index contributed by atoms with van der Waals surface area (Å²) in [5.41, 5.74) is -0.0553. The van der Waals surface area contributed by atoms with E-state index in [0.29, 0.717) is 43.1 Å². The van der Waals surface area contributed by atoms with Crippen LogP contribution in [0.3, 0.4) is 0 Å². The number of hydrogen-bond donors (Lipinski definition) is 2. The van der Waals surface area contributed by atoms with Crippen molar-refractivity contribution in [3.63, 3.8) is 0 Å². The first kappa shape index (κ1) is 15.6. The summed E-state index contributed by atoms with van der Waals surface area (Å²) in [6.07, 6.45) is 2.18. The molecule has 0 saturated heterocycles. The van der Waals surface area contributed by atoms with E-state index in [4.69, 9.17) is 9.47 Å². The summed E-state index contributed by atoms with van der Waals surface area (Å²) in [4.78, 5) is 12.4. The van der Waals surface area contributed by atoms with E-state index in [1.165, 1.54) is 0 Å². The molecule has 0 atom stereocenters. The van der Waals surface area contributed by atoms with Crippen LogP contribution in [0.2, 0.25) is 0 Å². The van der Waals surface area contributed by atoms with Crippen LogP contribution in [0.4, 0.5) is 0 Å². The number of rotatable bonds is 5. The number of aliphatic hydroxyl groups excluding tert-OH is 1. The SMILES string of the molecule is CCC(CC)(CO)NC(=O)c1ccc2c(c1)OCCCO2. The maximum absolute atomic E-state index is 12.4. The van der Waals surface area contributed by atoms with Gasteiger partial charge in [0, 0.05) is 12.0 Å². The van der Waals surface area contributed by atoms with Gasteiger partial charge in [0.25, 0.3) is 5.91 Å². The second kappa shape index (κ2) is 6.80. The predicted octanol–water partition coefficient (Wildman–Crippen LogP) is 2.13. The number of carbonyl (C=O) groups excluding carboxylic acids is 1. The van der Waals surface area contributed by atoms with Crippen molar-refractivity contribution in [2.45, 2.75) is 38.6 Å². The maximum atomic E-state index is 12.4. The molecule has 2 rings (SSSR count). The van der Waals surface area contributed by atoms with E-state index in [2.05, 4.69) is 5.32 Å². The predicted molar refractivity (Wildman–Crippen MR) is 79.9 cm³/mol. The van der Waals surface area contributed by atoms with Gasteiger partial charge < -0.3 is 19.9 Å². The molecule has 5 heteroatoms. The zero-order valence-corrected chi connectivity index (χ0v) is 12.6. The van der Waals surface area contributed by atoms with Gasteiger partial charge in [-0.25, -0.2) is 0 Å². The molecule has 1 aromatic carbocycles. The van der Waals surface area contributed by atoms with Crippen LogP contribution in [-0.2, 0) is 0 Å². The summed E-state index contributed by atoms with van der Waals surface area (Å²) in [5, 5.41) is 12.5. The molecule has 0 aliphatic carbocycles. The Balaban J connectivity index is 2.18. The van der Waals surface area contributed by atoms with Crippen LogP contribution in [0.5, 0.6) is 11.5 Å². The minimum absolute atomic E-state index is 0.0731. The molecule has 0 spiro atoms. The van der Waals surface area contributed by atoms with Crippen LogP contribution in [0, 0.1) is 0 Å². The first-order valence-corrected chi connectivity index (χ1v) is 7.47. The zero-order chi connectivity index (χ0) is 15.3. The molecule has 1 amide bonds. The lowest BCUT2D eigenvalue weighted by atomic mass is 9.93. The molecule has 21 heavy (non-hydrogen) atoms. The van der Waals surface area contributed by atoms with Crippen molar-refractivity contribution in [3.05, 3.63) is 23.8 Å². The molecule has 0 radical (unpaired) electrons. The fraction of sp³-hybridized carbons (Fsp3) is 0.562. The minimum atomic E-state index is -0.568. The van der Waals surface area contributed by atoms with Gasteiger partial charge in [-0.1, -0.05) is 13.8 Å². The van der Waals surface area contributed by atoms with Gasteiger partial charge in [0.05, 0.1) is 25.4 Å². The van der Waals surface area contributed by atoms with E-state index >= 15 is 0 Å². The Hall–Kier alpha value is -1.75. The lowest BCUT2D eigenvalue weighted by Gasteiger charge is -2.30. The second-order valence-electron chi connectivity index (χ2n) is 5.31. The van der Waals surface area contributed by atoms with Gasteiger partial charge >= 0.3 is 0 Å². The van der Waals surface area contributed by atoms with Gasteiger partial charge in [-0.15, -0.1) is 0 Å². The molecule has 0 fully saturated rings. The third-order valence-electron chi connectivity index (χ3n) is 4.04. The number of ether oxygens (including phenoxy) is 2. The van der Waals surface area contributed by atoms with Crippen molar-refractivity contribution in [3.8, 4) is 11.5 Å². The molecule has 0 saturated carbocycles. The van der Waals surface area contributed by atoms with Gasteiger partial charge in [0.2, 0.25) is 0 Å². The molecule has 5 nitrogen and oxygen atoms in total. The van der Waals surface area contributed by atoms with E-state index in [9.17, 15) is 9.90 Å². The smallest absolute Gasteiger partial charge is 0.251 e. The summed E-state index contributed by atoms with van der Waals surface area (Å²) in [5.74, 6) is 1.06. The summed E-state index contributed by atoms with van der Waals surface area (Å²) >= 11 is 0. The number of fused-ring (bicyclic) bond motifs is 1. The normalized spacial score (nSPS) is 14.4. The van der Waals surface area contributed by atoms with Crippen molar-refractivity contribution in [1.82, 2.24) is 5.32 Å². The first-order chi connectivity index (χ1) is 10.1. The Morgan fingerprint density at radius 1 is 1.24 bits per heavy atom. The second-order valence-corrected chi connectivity index (χ2v) is 5.31. The topological polar surface area (TPSA) is 67.8 Å². The van der Waals surface area contributed by atoms with Crippen LogP contribution in [-0.4, -0.2) is 36.4 Å². The molecular formula is C16H23NO4. The Kier molecular flexibility index (Phi) is 5.07. The molecular weight excluding hydrogens is 270 g/mol. The number of carbonyl (C=O) groups is 1. The summed E-state index contributed by atoms with van der Waals surface area (Å²) in [6, 6.07) is 5.17. The van der Waals surface area contributed by atoms with E-state index in [-0.39, 0.29) is 12.5 Å². The Morgan fingerprint density at radius 2 is 1.90 bits per heavy atom. The highest BCUT2D eigenvalue weighted by Gasteiger charge is 2.28. The molecule has 1 heterocycles. The van der Waals surface area contributed by atoms with Crippen molar-refractivity contribution in [2.24, 2.45) is 0 Å². The van der Waals surface area contributed by atoms with E-state index < -0.39 is 5.54 Å². The number of aliphatic hydroxyl groups is 1. The van der Waals surface area contributed by atoms with Gasteiger partial charge in [-0.3, -0.25) is 4.79 Å². The number of hydrogen-bond acceptors (Lipinski definition) is 4. The van der Waals surface area contributed by atoms with Gasteiger partial charge in [0.1, 0.15) is 0 Å². The van der Waals surface area contributed by atoms with Gasteiger partial charge in [-0.2, -0.15) is 0 Å². The van der Waals surface area contributed by atoms with Crippen LogP contribution in [0.15, 0.2) is 18.2 Å². The zero-order valence-electron chi connectivity index (χ0n) is 12.6. The highest BCUT2D eigenvalue weighted by atomic mass is 16.5. The number of nitrogens with one attached hydrogen (secondary N) is 1. The third kappa shape index (κ3) is 3.47. The Bertz CT molecular complexity index is 489. The standard InChI is InChI=1S/C16H23NO4/c1-3-16(4-2,11-18)17-15(19)12-6-7-13-14(10-12)21-9-5-8-20-13/h6-7,10,18H,3-5,8-9,11H2,1-2H3,(H,17,19). The molecule has 116 valence electrons. The fourth-order valence-corrected chi connectivity index (χ4v) is 2.31. The minimum Gasteiger partial charge on any atom is -0.490 e. The first-order valence-electron chi connectivity index (χ1n) is 7.47. The van der Waals surface area contributed by atoms with Crippen LogP contribution >= 0.6 is 0 Å². The highest BCUT2D eigenvalue weighted by Crippen LogP contribution is 2.30. The molecule has 1 aliphatic rings. The quantitative estimate of drug-likeness (QED) is 0.872. The largest absolute Gasteiger partial charge is 0.490 e. The van der Waals surface area contributed by atoms with Crippen molar-refractivity contribution < 1.29 is 19.4 Å². The number of benzene rings is 1. The fourth-order valence-electron chi connectivity index (χ4n) is 2.31. The lowest BCUT2D eigenvalue weighted by Crippen LogP contribution is -2.50. The van der Waals surface area contributed by atoms with Crippen molar-refractivity contribution in [2.75, 3.05) is 19.8 Å². The molecule has 2 N–H and O–H groups in total. The molecule has 0 aromatic heterocycles. The molecule has 1 aliphatic heterocycles. The van der Waals surface area contributed by atoms with Crippen LogP contribution < -0.4 is 14.8 Å². The lowest BCUT2D eigenvalue weighted by molar-refractivity contribution is 0.0817. The maximum Gasteiger partial charge on any atom is 0.251 e. The van der Waals surface area contributed by atoms with Gasteiger partial charge in [-0.05, 0) is 31.0 Å². The molecule has 0 bridgehead atoms. The van der Waals surface area contributed by atoms with E-state index in [1.54, 1.807) is 18.2 Å². The van der Waals surface area contributed by atoms with E-state index in [0.717, 1.165) is 6.42 Å². The molecule has 1 aromatic rings. The van der Waals surface area contributed by atoms with Gasteiger partial charge in [0.15, 0.2) is 11.5 Å². The average molecular weight is 293 g/mol. The van der Waals surface area contributed by atoms with Crippen molar-refractivity contribution >= 4 is 5.91 Å². The van der Waals surface area contributed by atoms with Crippen LogP contribution in [0.25, 0.3) is 0 Å². The average Bonchev–Trinajstić information content (AvgIpc) is 2.77. The van der Waals surface area contributed by atoms with Crippen LogP contribution in [0.1, 0.15) is 43.5 Å². The highest BCUT2D eigenvalue weighted by molar-refractivity contribution is 5.95. The number of amides is 1. The third-order valence-corrected chi connectivity index (χ3v) is 4.04. The summed E-state index contributed by atoms with van der Waals surface area (Å²) < 4.78 is 11.1. The van der Waals surface area contributed by atoms with E-state index in [1.807, 2.05) is 13.8 Å². The van der Waals surface area contributed by atoms with Crippen molar-refractivity contribution in [1.29, 1.82) is 0 Å². The summed E-state index contributed by atoms with van der Waals surface area (Å²) in [6.45, 7) is 5.04. The molecule has 0 unspecified atom stereocenters.